The van der Waals surface area contributed by atoms with Gasteiger partial charge in [-0.25, -0.2) is 4.98 Å². The molecule has 1 N–H and O–H groups in total. The zero-order valence-electron chi connectivity index (χ0n) is 18.1. The molecule has 1 saturated carbocycles. The summed E-state index contributed by atoms with van der Waals surface area (Å²) < 4.78 is 2.24. The van der Waals surface area contributed by atoms with Gasteiger partial charge < -0.3 is 14.6 Å². The van der Waals surface area contributed by atoms with Crippen molar-refractivity contribution in [1.82, 2.24) is 19.4 Å². The molecule has 3 aromatic rings. The zero-order chi connectivity index (χ0) is 21.7. The van der Waals surface area contributed by atoms with Crippen molar-refractivity contribution in [1.29, 1.82) is 0 Å². The maximum Gasteiger partial charge on any atom is 0.222 e. The molecule has 6 rings (SSSR count). The minimum atomic E-state index is -0.346. The second-order valence-electron chi connectivity index (χ2n) is 9.64. The predicted molar refractivity (Wildman–Crippen MR) is 121 cm³/mol. The quantitative estimate of drug-likeness (QED) is 0.691. The van der Waals surface area contributed by atoms with Crippen LogP contribution in [-0.4, -0.2) is 49.6 Å². The number of hydrogen-bond acceptors (Lipinski definition) is 4. The summed E-state index contributed by atoms with van der Waals surface area (Å²) in [5.41, 5.74) is 4.72. The summed E-state index contributed by atoms with van der Waals surface area (Å²) in [4.78, 5) is 23.2. The topological polar surface area (TPSA) is 71.2 Å². The first-order valence-corrected chi connectivity index (χ1v) is 11.6. The highest BCUT2D eigenvalue weighted by molar-refractivity contribution is 5.76. The van der Waals surface area contributed by atoms with E-state index >= 15 is 0 Å². The third kappa shape index (κ3) is 3.00. The number of pyridine rings is 1. The van der Waals surface area contributed by atoms with Crippen LogP contribution in [0, 0.1) is 11.3 Å². The fraction of sp³-hybridized carbons (Fsp3) is 0.423. The Morgan fingerprint density at radius 2 is 1.94 bits per heavy atom. The van der Waals surface area contributed by atoms with E-state index in [0.29, 0.717) is 6.42 Å². The Kier molecular flexibility index (Phi) is 4.65. The molecule has 6 heteroatoms. The number of piperidine rings is 1. The number of hydrogen-bond donors (Lipinski definition) is 1. The monoisotopic (exact) mass is 428 g/mol. The first-order valence-electron chi connectivity index (χ1n) is 11.6. The first kappa shape index (κ1) is 19.7. The highest BCUT2D eigenvalue weighted by Crippen LogP contribution is 2.59. The van der Waals surface area contributed by atoms with Crippen LogP contribution in [0.2, 0.25) is 0 Å². The third-order valence-corrected chi connectivity index (χ3v) is 8.06. The standard InChI is InChI=1S/C26H28N4O2/c31-23(8-7-18-4-3-11-27-15-18)29-12-9-26(10-13-29)14-21(25(26)32)24-20-6-2-1-5-19(20)22-16-28-17-30(22)24/h1-6,11,15-17,21,24-25,32H,7-10,12-14H2/t21-,24?,25+/m0/s1. The number of nitrogens with zero attached hydrogens (tertiary/aromatic N) is 4. The van der Waals surface area contributed by atoms with Crippen LogP contribution >= 0.6 is 0 Å². The number of likely N-dealkylation sites (tertiary alicyclic amines) is 1. The summed E-state index contributed by atoms with van der Waals surface area (Å²) in [6, 6.07) is 12.6. The molecule has 3 aliphatic rings. The number of fused-ring (bicyclic) bond motifs is 3. The number of carbonyl (C=O) groups is 1. The van der Waals surface area contributed by atoms with E-state index in [0.717, 1.165) is 50.0 Å². The number of benzene rings is 1. The summed E-state index contributed by atoms with van der Waals surface area (Å²) in [5, 5.41) is 11.4. The molecule has 1 aromatic carbocycles. The Morgan fingerprint density at radius 3 is 2.72 bits per heavy atom. The molecule has 0 bridgehead atoms. The first-order chi connectivity index (χ1) is 15.7. The number of aromatic nitrogens is 3. The number of imidazole rings is 1. The number of aryl methyl sites for hydroxylation is 1. The minimum Gasteiger partial charge on any atom is -0.392 e. The normalized spacial score (nSPS) is 25.3. The molecule has 2 aromatic heterocycles. The van der Waals surface area contributed by atoms with E-state index < -0.39 is 0 Å². The van der Waals surface area contributed by atoms with E-state index in [4.69, 9.17) is 0 Å². The molecule has 4 heterocycles. The predicted octanol–water partition coefficient (Wildman–Crippen LogP) is 3.47. The molecule has 1 aliphatic carbocycles. The van der Waals surface area contributed by atoms with Gasteiger partial charge in [0.05, 0.1) is 30.4 Å². The van der Waals surface area contributed by atoms with Gasteiger partial charge in [0.1, 0.15) is 0 Å². The molecule has 1 amide bonds. The van der Waals surface area contributed by atoms with Crippen LogP contribution in [0.1, 0.15) is 42.9 Å². The van der Waals surface area contributed by atoms with Gasteiger partial charge in [0, 0.05) is 48.8 Å². The van der Waals surface area contributed by atoms with E-state index in [9.17, 15) is 9.90 Å². The van der Waals surface area contributed by atoms with Crippen LogP contribution in [0.5, 0.6) is 0 Å². The van der Waals surface area contributed by atoms with Gasteiger partial charge in [0.2, 0.25) is 5.91 Å². The summed E-state index contributed by atoms with van der Waals surface area (Å²) in [5.74, 6) is 0.404. The van der Waals surface area contributed by atoms with Gasteiger partial charge >= 0.3 is 0 Å². The minimum absolute atomic E-state index is 0.0525. The van der Waals surface area contributed by atoms with Crippen LogP contribution in [-0.2, 0) is 11.2 Å². The number of rotatable bonds is 4. The maximum atomic E-state index is 12.7. The smallest absolute Gasteiger partial charge is 0.222 e. The van der Waals surface area contributed by atoms with Crippen LogP contribution in [0.25, 0.3) is 11.3 Å². The number of amides is 1. The molecule has 2 fully saturated rings. The van der Waals surface area contributed by atoms with Crippen molar-refractivity contribution in [3.8, 4) is 11.3 Å². The summed E-state index contributed by atoms with van der Waals surface area (Å²) in [6.07, 6.45) is 11.1. The average Bonchev–Trinajstić information content (AvgIpc) is 3.43. The van der Waals surface area contributed by atoms with Gasteiger partial charge in [-0.1, -0.05) is 30.3 Å². The molecule has 2 aliphatic heterocycles. The average molecular weight is 429 g/mol. The van der Waals surface area contributed by atoms with Crippen molar-refractivity contribution in [3.05, 3.63) is 72.4 Å². The fourth-order valence-electron chi connectivity index (χ4n) is 6.25. The van der Waals surface area contributed by atoms with Crippen molar-refractivity contribution in [2.24, 2.45) is 11.3 Å². The molecule has 1 spiro atoms. The van der Waals surface area contributed by atoms with E-state index in [1.165, 1.54) is 11.1 Å². The molecule has 3 atom stereocenters. The zero-order valence-corrected chi connectivity index (χ0v) is 18.1. The largest absolute Gasteiger partial charge is 0.392 e. The van der Waals surface area contributed by atoms with Gasteiger partial charge in [-0.05, 0) is 42.9 Å². The fourth-order valence-corrected chi connectivity index (χ4v) is 6.25. The van der Waals surface area contributed by atoms with Gasteiger partial charge in [0.15, 0.2) is 0 Å². The van der Waals surface area contributed by atoms with Crippen molar-refractivity contribution in [3.63, 3.8) is 0 Å². The molecular formula is C26H28N4O2. The van der Waals surface area contributed by atoms with E-state index in [1.807, 2.05) is 35.8 Å². The molecular weight excluding hydrogens is 400 g/mol. The Bertz CT molecular complexity index is 1130. The van der Waals surface area contributed by atoms with Crippen molar-refractivity contribution in [2.75, 3.05) is 13.1 Å². The van der Waals surface area contributed by atoms with Crippen LogP contribution in [0.15, 0.2) is 61.3 Å². The second kappa shape index (κ2) is 7.55. The van der Waals surface area contributed by atoms with E-state index in [2.05, 4.69) is 38.8 Å². The van der Waals surface area contributed by atoms with Gasteiger partial charge in [0.25, 0.3) is 0 Å². The summed E-state index contributed by atoms with van der Waals surface area (Å²) >= 11 is 0. The molecule has 164 valence electrons. The molecule has 0 radical (unpaired) electrons. The lowest BCUT2D eigenvalue weighted by Crippen LogP contribution is -2.59. The highest BCUT2D eigenvalue weighted by atomic mass is 16.3. The molecule has 32 heavy (non-hydrogen) atoms. The Hall–Kier alpha value is -2.99. The summed E-state index contributed by atoms with van der Waals surface area (Å²) in [6.45, 7) is 1.49. The lowest BCUT2D eigenvalue weighted by molar-refractivity contribution is -0.164. The van der Waals surface area contributed by atoms with Crippen LogP contribution in [0.4, 0.5) is 0 Å². The SMILES string of the molecule is O=C(CCc1cccnc1)N1CCC2(CC1)C[C@@H](C1c3ccccc3-c3cncn31)[C@H]2O. The van der Waals surface area contributed by atoms with E-state index in [1.54, 1.807) is 6.20 Å². The van der Waals surface area contributed by atoms with Gasteiger partial charge in [-0.2, -0.15) is 0 Å². The maximum absolute atomic E-state index is 12.7. The summed E-state index contributed by atoms with van der Waals surface area (Å²) in [7, 11) is 0. The molecule has 6 nitrogen and oxygen atoms in total. The number of aliphatic hydroxyl groups is 1. The lowest BCUT2D eigenvalue weighted by Gasteiger charge is -2.58. The van der Waals surface area contributed by atoms with Crippen molar-refractivity contribution in [2.45, 2.75) is 44.2 Å². The third-order valence-electron chi connectivity index (χ3n) is 8.06. The Balaban J connectivity index is 1.10. The number of carbonyl (C=O) groups excluding carboxylic acids is 1. The number of aliphatic hydroxyl groups excluding tert-OH is 1. The van der Waals surface area contributed by atoms with Gasteiger partial charge in [-0.15, -0.1) is 0 Å². The van der Waals surface area contributed by atoms with Crippen molar-refractivity contribution >= 4 is 5.91 Å². The van der Waals surface area contributed by atoms with Crippen LogP contribution < -0.4 is 0 Å². The van der Waals surface area contributed by atoms with Gasteiger partial charge in [-0.3, -0.25) is 9.78 Å². The molecule has 1 unspecified atom stereocenters. The van der Waals surface area contributed by atoms with Crippen LogP contribution in [0.3, 0.4) is 0 Å². The Labute approximate surface area is 187 Å². The lowest BCUT2D eigenvalue weighted by atomic mass is 9.53. The van der Waals surface area contributed by atoms with E-state index in [-0.39, 0.29) is 29.4 Å². The highest BCUT2D eigenvalue weighted by Gasteiger charge is 2.58. The second-order valence-corrected chi connectivity index (χ2v) is 9.64. The molecule has 1 saturated heterocycles. The Morgan fingerprint density at radius 1 is 1.09 bits per heavy atom. The van der Waals surface area contributed by atoms with Crippen molar-refractivity contribution < 1.29 is 9.90 Å².